The molecular formula is C6H13N2S. The Hall–Kier alpha value is -0.310. The van der Waals surface area contributed by atoms with Crippen LogP contribution in [0.2, 0.25) is 0 Å². The summed E-state index contributed by atoms with van der Waals surface area (Å²) in [7, 11) is 0. The lowest BCUT2D eigenvalue weighted by Gasteiger charge is -2.05. The van der Waals surface area contributed by atoms with Gasteiger partial charge in [0, 0.05) is 13.1 Å². The van der Waals surface area contributed by atoms with Gasteiger partial charge in [0.2, 0.25) is 0 Å². The molecule has 0 aromatic heterocycles. The Kier molecular flexibility index (Phi) is 5.62. The molecule has 0 aliphatic rings. The van der Waals surface area contributed by atoms with Gasteiger partial charge in [0.25, 0.3) is 0 Å². The summed E-state index contributed by atoms with van der Waals surface area (Å²) >= 11 is 4.87. The first kappa shape index (κ1) is 8.69. The summed E-state index contributed by atoms with van der Waals surface area (Å²) in [5, 5.41) is 6.69. The first-order chi connectivity index (χ1) is 4.31. The lowest BCUT2D eigenvalue weighted by molar-refractivity contribution is 0.842. The van der Waals surface area contributed by atoms with Crippen LogP contribution in [0.15, 0.2) is 0 Å². The Morgan fingerprint density at radius 1 is 1.56 bits per heavy atom. The third-order valence-electron chi connectivity index (χ3n) is 0.800. The Bertz CT molecular complexity index is 83.1. The van der Waals surface area contributed by atoms with Crippen LogP contribution in [0.5, 0.6) is 0 Å². The van der Waals surface area contributed by atoms with Crippen molar-refractivity contribution in [2.24, 2.45) is 0 Å². The van der Waals surface area contributed by atoms with Gasteiger partial charge >= 0.3 is 0 Å². The molecule has 2 N–H and O–H groups in total. The Morgan fingerprint density at radius 2 is 2.22 bits per heavy atom. The quantitative estimate of drug-likeness (QED) is 0.571. The molecule has 0 amide bonds. The van der Waals surface area contributed by atoms with E-state index in [9.17, 15) is 0 Å². The molecule has 0 aromatic rings. The fourth-order valence-corrected chi connectivity index (χ4v) is 0.671. The summed E-state index contributed by atoms with van der Waals surface area (Å²) in [6, 6.07) is 0. The van der Waals surface area contributed by atoms with Crippen LogP contribution in [-0.2, 0) is 0 Å². The van der Waals surface area contributed by atoms with E-state index in [1.807, 2.05) is 6.92 Å². The lowest BCUT2D eigenvalue weighted by Crippen LogP contribution is -2.35. The molecular weight excluding hydrogens is 132 g/mol. The van der Waals surface area contributed by atoms with Crippen molar-refractivity contribution in [3.05, 3.63) is 6.92 Å². The monoisotopic (exact) mass is 145 g/mol. The third kappa shape index (κ3) is 5.56. The van der Waals surface area contributed by atoms with Crippen LogP contribution in [0, 0.1) is 6.92 Å². The minimum Gasteiger partial charge on any atom is -0.363 e. The van der Waals surface area contributed by atoms with Crippen LogP contribution in [-0.4, -0.2) is 18.2 Å². The van der Waals surface area contributed by atoms with Crippen molar-refractivity contribution in [3.8, 4) is 0 Å². The van der Waals surface area contributed by atoms with Gasteiger partial charge in [0.1, 0.15) is 0 Å². The number of hydrogen-bond donors (Lipinski definition) is 2. The zero-order valence-corrected chi connectivity index (χ0v) is 6.55. The predicted octanol–water partition coefficient (Wildman–Crippen LogP) is 0.695. The van der Waals surface area contributed by atoms with Crippen molar-refractivity contribution < 1.29 is 0 Å². The van der Waals surface area contributed by atoms with Crippen molar-refractivity contribution in [2.45, 2.75) is 13.3 Å². The standard InChI is InChI=1S/C6H13N2S/c1-3-5-8-6(9)7-4-2/h1,3-5H2,2H3,(H2,7,8,9). The van der Waals surface area contributed by atoms with E-state index < -0.39 is 0 Å². The van der Waals surface area contributed by atoms with Gasteiger partial charge in [0.05, 0.1) is 0 Å². The normalized spacial score (nSPS) is 8.67. The third-order valence-corrected chi connectivity index (χ3v) is 1.09. The fraction of sp³-hybridized carbons (Fsp3) is 0.667. The minimum absolute atomic E-state index is 0.723. The van der Waals surface area contributed by atoms with Gasteiger partial charge in [-0.2, -0.15) is 0 Å². The highest BCUT2D eigenvalue weighted by atomic mass is 32.1. The van der Waals surface area contributed by atoms with E-state index in [0.29, 0.717) is 0 Å². The average Bonchev–Trinajstić information content (AvgIpc) is 1.85. The van der Waals surface area contributed by atoms with Crippen LogP contribution in [0.4, 0.5) is 0 Å². The summed E-state index contributed by atoms with van der Waals surface area (Å²) in [5.41, 5.74) is 0. The van der Waals surface area contributed by atoms with E-state index in [-0.39, 0.29) is 0 Å². The second-order valence-corrected chi connectivity index (χ2v) is 2.05. The maximum atomic E-state index is 4.87. The molecule has 53 valence electrons. The molecule has 0 heterocycles. The fourth-order valence-electron chi connectivity index (χ4n) is 0.425. The maximum absolute atomic E-state index is 4.87. The highest BCUT2D eigenvalue weighted by molar-refractivity contribution is 7.80. The molecule has 0 fully saturated rings. The highest BCUT2D eigenvalue weighted by Crippen LogP contribution is 1.69. The van der Waals surface area contributed by atoms with Crippen molar-refractivity contribution in [1.82, 2.24) is 10.6 Å². The van der Waals surface area contributed by atoms with Crippen molar-refractivity contribution in [2.75, 3.05) is 13.1 Å². The van der Waals surface area contributed by atoms with Crippen molar-refractivity contribution in [1.29, 1.82) is 0 Å². The largest absolute Gasteiger partial charge is 0.363 e. The number of rotatable bonds is 3. The Balaban J connectivity index is 3.06. The Morgan fingerprint density at radius 3 is 2.67 bits per heavy atom. The highest BCUT2D eigenvalue weighted by Gasteiger charge is 1.87. The summed E-state index contributed by atoms with van der Waals surface area (Å²) in [5.74, 6) is 0. The van der Waals surface area contributed by atoms with Gasteiger partial charge in [-0.1, -0.05) is 6.92 Å². The summed E-state index contributed by atoms with van der Waals surface area (Å²) < 4.78 is 0. The zero-order chi connectivity index (χ0) is 7.11. The molecule has 3 heteroatoms. The van der Waals surface area contributed by atoms with Crippen molar-refractivity contribution >= 4 is 17.3 Å². The van der Waals surface area contributed by atoms with Gasteiger partial charge in [-0.25, -0.2) is 0 Å². The summed E-state index contributed by atoms with van der Waals surface area (Å²) in [6.45, 7) is 7.41. The van der Waals surface area contributed by atoms with E-state index in [2.05, 4.69) is 17.6 Å². The first-order valence-electron chi connectivity index (χ1n) is 3.12. The number of hydrogen-bond acceptors (Lipinski definition) is 1. The average molecular weight is 145 g/mol. The van der Waals surface area contributed by atoms with Gasteiger partial charge in [-0.15, -0.1) is 0 Å². The smallest absolute Gasteiger partial charge is 0.166 e. The topological polar surface area (TPSA) is 24.1 Å². The first-order valence-corrected chi connectivity index (χ1v) is 3.53. The molecule has 0 atom stereocenters. The molecule has 0 rings (SSSR count). The van der Waals surface area contributed by atoms with Crippen LogP contribution in [0.25, 0.3) is 0 Å². The van der Waals surface area contributed by atoms with E-state index in [1.165, 1.54) is 0 Å². The predicted molar refractivity (Wildman–Crippen MR) is 44.3 cm³/mol. The zero-order valence-electron chi connectivity index (χ0n) is 5.74. The molecule has 0 bridgehead atoms. The van der Waals surface area contributed by atoms with E-state index in [1.54, 1.807) is 0 Å². The maximum Gasteiger partial charge on any atom is 0.166 e. The Labute approximate surface area is 62.0 Å². The molecule has 0 unspecified atom stereocenters. The van der Waals surface area contributed by atoms with Crippen LogP contribution < -0.4 is 10.6 Å². The molecule has 1 radical (unpaired) electrons. The van der Waals surface area contributed by atoms with Crippen molar-refractivity contribution in [3.63, 3.8) is 0 Å². The summed E-state index contributed by atoms with van der Waals surface area (Å²) in [4.78, 5) is 0. The SMILES string of the molecule is [CH2]CCNC(=S)NCC. The van der Waals surface area contributed by atoms with Gasteiger partial charge < -0.3 is 10.6 Å². The van der Waals surface area contributed by atoms with Gasteiger partial charge in [-0.3, -0.25) is 0 Å². The molecule has 0 spiro atoms. The molecule has 0 aliphatic carbocycles. The van der Waals surface area contributed by atoms with E-state index in [0.717, 1.165) is 24.6 Å². The molecule has 0 aliphatic heterocycles. The lowest BCUT2D eigenvalue weighted by atomic mass is 10.5. The van der Waals surface area contributed by atoms with Crippen LogP contribution in [0.1, 0.15) is 13.3 Å². The molecule has 0 saturated heterocycles. The second kappa shape index (κ2) is 5.82. The summed E-state index contributed by atoms with van der Waals surface area (Å²) in [6.07, 6.45) is 0.867. The second-order valence-electron chi connectivity index (χ2n) is 1.64. The van der Waals surface area contributed by atoms with E-state index in [4.69, 9.17) is 12.2 Å². The number of nitrogens with one attached hydrogen (secondary N) is 2. The molecule has 2 nitrogen and oxygen atoms in total. The van der Waals surface area contributed by atoms with Crippen LogP contribution in [0.3, 0.4) is 0 Å². The molecule has 0 saturated carbocycles. The van der Waals surface area contributed by atoms with Crippen LogP contribution >= 0.6 is 12.2 Å². The molecule has 0 aromatic carbocycles. The van der Waals surface area contributed by atoms with Gasteiger partial charge in [-0.05, 0) is 25.6 Å². The van der Waals surface area contributed by atoms with Gasteiger partial charge in [0.15, 0.2) is 5.11 Å². The number of thiocarbonyl (C=S) groups is 1. The minimum atomic E-state index is 0.723. The molecule has 9 heavy (non-hydrogen) atoms. The van der Waals surface area contributed by atoms with E-state index >= 15 is 0 Å².